The average molecular weight is 332 g/mol. The summed E-state index contributed by atoms with van der Waals surface area (Å²) in [6.45, 7) is 0.989. The lowest BCUT2D eigenvalue weighted by Crippen LogP contribution is -2.39. The second kappa shape index (κ2) is 5.58. The minimum atomic E-state index is -4.94. The predicted molar refractivity (Wildman–Crippen MR) is 63.9 cm³/mol. The fourth-order valence-corrected chi connectivity index (χ4v) is 2.88. The van der Waals surface area contributed by atoms with Crippen molar-refractivity contribution in [2.75, 3.05) is 0 Å². The highest BCUT2D eigenvalue weighted by molar-refractivity contribution is 7.89. The van der Waals surface area contributed by atoms with Crippen LogP contribution in [-0.4, -0.2) is 25.5 Å². The number of nitrogens with one attached hydrogen (secondary N) is 1. The third kappa shape index (κ3) is 3.84. The van der Waals surface area contributed by atoms with Crippen LogP contribution in [0.5, 0.6) is 0 Å². The summed E-state index contributed by atoms with van der Waals surface area (Å²) >= 11 is 5.42. The molecule has 0 heterocycles. The van der Waals surface area contributed by atoms with Crippen molar-refractivity contribution in [1.82, 2.24) is 4.72 Å². The first-order valence-electron chi connectivity index (χ1n) is 5.07. The van der Waals surface area contributed by atoms with Crippen molar-refractivity contribution in [3.8, 4) is 0 Å². The summed E-state index contributed by atoms with van der Waals surface area (Å²) in [5.41, 5.74) is -1.46. The highest BCUT2D eigenvalue weighted by atomic mass is 35.5. The van der Waals surface area contributed by atoms with Gasteiger partial charge in [-0.1, -0.05) is 11.6 Å². The molecule has 0 aliphatic heterocycles. The Kier molecular flexibility index (Phi) is 4.67. The van der Waals surface area contributed by atoms with Gasteiger partial charge in [0, 0.05) is 5.02 Å². The van der Waals surface area contributed by atoms with Crippen molar-refractivity contribution in [3.05, 3.63) is 28.8 Å². The summed E-state index contributed by atoms with van der Waals surface area (Å²) in [6.07, 6.45) is -4.94. The number of benzene rings is 1. The van der Waals surface area contributed by atoms with Crippen molar-refractivity contribution in [2.45, 2.75) is 24.0 Å². The smallest absolute Gasteiger partial charge is 0.417 e. The van der Waals surface area contributed by atoms with Crippen LogP contribution >= 0.6 is 11.6 Å². The lowest BCUT2D eigenvalue weighted by Gasteiger charge is -2.15. The van der Waals surface area contributed by atoms with Gasteiger partial charge in [-0.3, -0.25) is 4.79 Å². The number of halogens is 4. The lowest BCUT2D eigenvalue weighted by atomic mass is 10.2. The number of alkyl halides is 3. The number of rotatable bonds is 4. The molecular formula is C10H9ClF3NO4S. The standard InChI is InChI=1S/C10H9ClF3NO4S/c1-5(9(16)17)15-20(18,19)8-3-2-6(11)4-7(8)10(12,13)14/h2-5,15H,1H3,(H,16,17)/t5-/m0/s1. The largest absolute Gasteiger partial charge is 0.480 e. The van der Waals surface area contributed by atoms with Crippen LogP contribution in [0.4, 0.5) is 13.2 Å². The van der Waals surface area contributed by atoms with E-state index in [9.17, 15) is 26.4 Å². The summed E-state index contributed by atoms with van der Waals surface area (Å²) in [6, 6.07) is 0.525. The van der Waals surface area contributed by atoms with E-state index >= 15 is 0 Å². The van der Waals surface area contributed by atoms with Crippen LogP contribution in [0, 0.1) is 0 Å². The van der Waals surface area contributed by atoms with E-state index in [1.807, 2.05) is 0 Å². The zero-order chi connectivity index (χ0) is 15.7. The van der Waals surface area contributed by atoms with Gasteiger partial charge in [0.25, 0.3) is 0 Å². The predicted octanol–water partition coefficient (Wildman–Crippen LogP) is 2.11. The van der Waals surface area contributed by atoms with Crippen molar-refractivity contribution in [1.29, 1.82) is 0 Å². The molecule has 1 atom stereocenters. The third-order valence-corrected chi connectivity index (χ3v) is 4.07. The number of carbonyl (C=O) groups is 1. The highest BCUT2D eigenvalue weighted by Gasteiger charge is 2.38. The third-order valence-electron chi connectivity index (χ3n) is 2.24. The summed E-state index contributed by atoms with van der Waals surface area (Å²) in [5, 5.41) is 8.31. The Morgan fingerprint density at radius 1 is 1.40 bits per heavy atom. The molecule has 0 saturated heterocycles. The SMILES string of the molecule is C[C@H](NS(=O)(=O)c1ccc(Cl)cc1C(F)(F)F)C(=O)O. The normalized spacial score (nSPS) is 14.1. The Hall–Kier alpha value is -1.32. The molecule has 0 radical (unpaired) electrons. The summed E-state index contributed by atoms with van der Waals surface area (Å²) < 4.78 is 63.6. The molecule has 1 aromatic rings. The summed E-state index contributed by atoms with van der Waals surface area (Å²) in [4.78, 5) is 9.49. The maximum absolute atomic E-state index is 12.8. The molecule has 0 bridgehead atoms. The fraction of sp³-hybridized carbons (Fsp3) is 0.300. The van der Waals surface area contributed by atoms with E-state index in [4.69, 9.17) is 16.7 Å². The fourth-order valence-electron chi connectivity index (χ4n) is 1.30. The first-order valence-corrected chi connectivity index (χ1v) is 6.93. The van der Waals surface area contributed by atoms with Gasteiger partial charge in [0.2, 0.25) is 10.0 Å². The number of sulfonamides is 1. The number of carboxylic acid groups (broad SMARTS) is 1. The molecule has 0 spiro atoms. The van der Waals surface area contributed by atoms with Gasteiger partial charge in [0.05, 0.1) is 10.5 Å². The molecule has 0 aliphatic carbocycles. The van der Waals surface area contributed by atoms with Gasteiger partial charge in [-0.05, 0) is 25.1 Å². The first kappa shape index (κ1) is 16.7. The van der Waals surface area contributed by atoms with E-state index < -0.39 is 38.7 Å². The molecule has 0 amide bonds. The molecule has 5 nitrogen and oxygen atoms in total. The Labute approximate surface area is 117 Å². The van der Waals surface area contributed by atoms with Crippen LogP contribution in [0.3, 0.4) is 0 Å². The topological polar surface area (TPSA) is 83.5 Å². The molecule has 0 aromatic heterocycles. The second-order valence-electron chi connectivity index (χ2n) is 3.82. The Bertz CT molecular complexity index is 630. The Balaban J connectivity index is 3.36. The first-order chi connectivity index (χ1) is 8.95. The van der Waals surface area contributed by atoms with E-state index in [2.05, 4.69) is 0 Å². The molecule has 1 aromatic carbocycles. The van der Waals surface area contributed by atoms with Crippen LogP contribution < -0.4 is 4.72 Å². The lowest BCUT2D eigenvalue weighted by molar-refractivity contribution is -0.140. The van der Waals surface area contributed by atoms with Gasteiger partial charge in [0.15, 0.2) is 0 Å². The molecule has 0 aliphatic rings. The van der Waals surface area contributed by atoms with E-state index in [0.29, 0.717) is 12.1 Å². The molecule has 20 heavy (non-hydrogen) atoms. The monoisotopic (exact) mass is 331 g/mol. The molecule has 0 unspecified atom stereocenters. The van der Waals surface area contributed by atoms with E-state index in [1.165, 1.54) is 0 Å². The van der Waals surface area contributed by atoms with E-state index in [1.54, 1.807) is 4.72 Å². The van der Waals surface area contributed by atoms with Gasteiger partial charge in [-0.2, -0.15) is 17.9 Å². The molecule has 112 valence electrons. The molecule has 0 fully saturated rings. The van der Waals surface area contributed by atoms with Crippen LogP contribution in [0.25, 0.3) is 0 Å². The molecule has 0 saturated carbocycles. The van der Waals surface area contributed by atoms with Crippen LogP contribution in [-0.2, 0) is 21.0 Å². The van der Waals surface area contributed by atoms with Gasteiger partial charge >= 0.3 is 12.1 Å². The maximum atomic E-state index is 12.8. The zero-order valence-corrected chi connectivity index (χ0v) is 11.5. The van der Waals surface area contributed by atoms with Crippen LogP contribution in [0.1, 0.15) is 12.5 Å². The molecule has 10 heteroatoms. The Morgan fingerprint density at radius 3 is 2.40 bits per heavy atom. The number of carboxylic acids is 1. The van der Waals surface area contributed by atoms with Crippen molar-refractivity contribution in [2.24, 2.45) is 0 Å². The van der Waals surface area contributed by atoms with E-state index in [-0.39, 0.29) is 5.02 Å². The van der Waals surface area contributed by atoms with E-state index in [0.717, 1.165) is 13.0 Å². The number of hydrogen-bond acceptors (Lipinski definition) is 3. The van der Waals surface area contributed by atoms with Gasteiger partial charge in [0.1, 0.15) is 6.04 Å². The molecule has 2 N–H and O–H groups in total. The van der Waals surface area contributed by atoms with Crippen LogP contribution in [0.15, 0.2) is 23.1 Å². The summed E-state index contributed by atoms with van der Waals surface area (Å²) in [7, 11) is -4.64. The second-order valence-corrected chi connectivity index (χ2v) is 5.94. The van der Waals surface area contributed by atoms with Gasteiger partial charge in [-0.25, -0.2) is 8.42 Å². The summed E-state index contributed by atoms with van der Waals surface area (Å²) in [5.74, 6) is -1.52. The van der Waals surface area contributed by atoms with Crippen molar-refractivity contribution < 1.29 is 31.5 Å². The highest BCUT2D eigenvalue weighted by Crippen LogP contribution is 2.35. The number of hydrogen-bond donors (Lipinski definition) is 2. The maximum Gasteiger partial charge on any atom is 0.417 e. The minimum Gasteiger partial charge on any atom is -0.480 e. The average Bonchev–Trinajstić information content (AvgIpc) is 2.26. The zero-order valence-electron chi connectivity index (χ0n) is 9.90. The Morgan fingerprint density at radius 2 is 1.95 bits per heavy atom. The van der Waals surface area contributed by atoms with Crippen molar-refractivity contribution >= 4 is 27.6 Å². The molecular weight excluding hydrogens is 323 g/mol. The van der Waals surface area contributed by atoms with Gasteiger partial charge in [-0.15, -0.1) is 0 Å². The van der Waals surface area contributed by atoms with Crippen LogP contribution in [0.2, 0.25) is 5.02 Å². The van der Waals surface area contributed by atoms with Gasteiger partial charge < -0.3 is 5.11 Å². The minimum absolute atomic E-state index is 0.289. The molecule has 1 rings (SSSR count). The number of aliphatic carboxylic acids is 1. The quantitative estimate of drug-likeness (QED) is 0.885. The van der Waals surface area contributed by atoms with Crippen molar-refractivity contribution in [3.63, 3.8) is 0 Å².